The largest absolute Gasteiger partial charge is 0.481 e. The molecule has 1 aromatic rings. The summed E-state index contributed by atoms with van der Waals surface area (Å²) < 4.78 is 0. The highest BCUT2D eigenvalue weighted by Crippen LogP contribution is 2.00. The maximum atomic E-state index is 9.90. The number of aliphatic carboxylic acids is 2. The van der Waals surface area contributed by atoms with Crippen molar-refractivity contribution in [3.63, 3.8) is 0 Å². The van der Waals surface area contributed by atoms with Crippen LogP contribution in [0.1, 0.15) is 38.2 Å². The Balaban J connectivity index is 0.000000361. The van der Waals surface area contributed by atoms with Gasteiger partial charge in [0.2, 0.25) is 0 Å². The molecule has 0 saturated heterocycles. The number of nitrogens with two attached hydrogens (primary N) is 1. The fourth-order valence-corrected chi connectivity index (χ4v) is 1.54. The molecule has 0 heterocycles. The summed E-state index contributed by atoms with van der Waals surface area (Å²) in [6.45, 7) is 2.02. The lowest BCUT2D eigenvalue weighted by atomic mass is 10.1. The predicted molar refractivity (Wildman–Crippen MR) is 77.5 cm³/mol. The molecule has 1 rings (SSSR count). The van der Waals surface area contributed by atoms with Crippen molar-refractivity contribution in [2.24, 2.45) is 5.73 Å². The van der Waals surface area contributed by atoms with Gasteiger partial charge in [0.1, 0.15) is 0 Å². The molecular weight excluding hydrogens is 258 g/mol. The van der Waals surface area contributed by atoms with Crippen LogP contribution in [0.25, 0.3) is 0 Å². The van der Waals surface area contributed by atoms with E-state index in [9.17, 15) is 9.59 Å². The van der Waals surface area contributed by atoms with Crippen LogP contribution < -0.4 is 5.73 Å². The third-order valence-corrected chi connectivity index (χ3v) is 2.43. The summed E-state index contributed by atoms with van der Waals surface area (Å²) >= 11 is 0. The van der Waals surface area contributed by atoms with Crippen LogP contribution in [0.4, 0.5) is 0 Å². The van der Waals surface area contributed by atoms with Gasteiger partial charge in [-0.25, -0.2) is 0 Å². The minimum atomic E-state index is -0.870. The van der Waals surface area contributed by atoms with Crippen molar-refractivity contribution in [3.8, 4) is 0 Å². The van der Waals surface area contributed by atoms with E-state index in [1.165, 1.54) is 5.56 Å². The molecule has 0 saturated carbocycles. The summed E-state index contributed by atoms with van der Waals surface area (Å²) in [5, 5.41) is 16.3. The monoisotopic (exact) mass is 281 g/mol. The first-order valence-corrected chi connectivity index (χ1v) is 6.65. The number of carboxylic acids is 2. The first-order valence-electron chi connectivity index (χ1n) is 6.65. The summed E-state index contributed by atoms with van der Waals surface area (Å²) in [7, 11) is 0. The lowest BCUT2D eigenvalue weighted by Crippen LogP contribution is -2.17. The molecule has 1 aromatic carbocycles. The van der Waals surface area contributed by atoms with Gasteiger partial charge in [0.05, 0.1) is 0 Å². The number of carbonyl (C=O) groups is 2. The van der Waals surface area contributed by atoms with Crippen molar-refractivity contribution >= 4 is 11.9 Å². The Morgan fingerprint density at radius 1 is 1.05 bits per heavy atom. The highest BCUT2D eigenvalue weighted by molar-refractivity contribution is 5.67. The van der Waals surface area contributed by atoms with E-state index < -0.39 is 11.9 Å². The Morgan fingerprint density at radius 3 is 1.85 bits per heavy atom. The van der Waals surface area contributed by atoms with Gasteiger partial charge >= 0.3 is 11.9 Å². The van der Waals surface area contributed by atoms with E-state index in [4.69, 9.17) is 15.9 Å². The third-order valence-electron chi connectivity index (χ3n) is 2.43. The molecule has 20 heavy (non-hydrogen) atoms. The molecule has 1 atom stereocenters. The van der Waals surface area contributed by atoms with E-state index >= 15 is 0 Å². The maximum Gasteiger partial charge on any atom is 0.303 e. The second kappa shape index (κ2) is 11.0. The minimum absolute atomic E-state index is 0.0628. The highest BCUT2D eigenvalue weighted by atomic mass is 16.4. The van der Waals surface area contributed by atoms with Gasteiger partial charge in [0.15, 0.2) is 0 Å². The van der Waals surface area contributed by atoms with Crippen molar-refractivity contribution in [2.45, 2.75) is 45.1 Å². The van der Waals surface area contributed by atoms with Crippen LogP contribution in [-0.2, 0) is 16.0 Å². The molecule has 1 unspecified atom stereocenters. The molecule has 4 N–H and O–H groups in total. The molecule has 0 amide bonds. The summed E-state index contributed by atoms with van der Waals surface area (Å²) in [5.74, 6) is -1.74. The van der Waals surface area contributed by atoms with E-state index in [-0.39, 0.29) is 18.9 Å². The van der Waals surface area contributed by atoms with Gasteiger partial charge in [-0.2, -0.15) is 0 Å². The molecule has 0 aromatic heterocycles. The van der Waals surface area contributed by atoms with Gasteiger partial charge in [0, 0.05) is 18.9 Å². The predicted octanol–water partition coefficient (Wildman–Crippen LogP) is 2.29. The van der Waals surface area contributed by atoms with Crippen LogP contribution in [0.15, 0.2) is 30.3 Å². The first kappa shape index (κ1) is 18.1. The second-order valence-corrected chi connectivity index (χ2v) is 4.66. The first-order chi connectivity index (χ1) is 9.41. The lowest BCUT2D eigenvalue weighted by Gasteiger charge is -2.02. The number of rotatable bonds is 7. The number of benzene rings is 1. The summed E-state index contributed by atoms with van der Waals surface area (Å²) in [6, 6.07) is 10.6. The Morgan fingerprint density at radius 2 is 1.50 bits per heavy atom. The quantitative estimate of drug-likeness (QED) is 0.666. The third kappa shape index (κ3) is 12.6. The van der Waals surface area contributed by atoms with Gasteiger partial charge in [-0.15, -0.1) is 0 Å². The molecular formula is C15H23NO4. The highest BCUT2D eigenvalue weighted by Gasteiger charge is 1.99. The summed E-state index contributed by atoms with van der Waals surface area (Å²) in [5.41, 5.74) is 6.94. The summed E-state index contributed by atoms with van der Waals surface area (Å²) in [4.78, 5) is 19.8. The number of hydrogen-bond donors (Lipinski definition) is 3. The number of carboxylic acid groups (broad SMARTS) is 2. The molecule has 5 nitrogen and oxygen atoms in total. The zero-order valence-electron chi connectivity index (χ0n) is 11.8. The molecule has 0 aliphatic rings. The van der Waals surface area contributed by atoms with E-state index in [0.29, 0.717) is 12.8 Å². The fourth-order valence-electron chi connectivity index (χ4n) is 1.54. The van der Waals surface area contributed by atoms with E-state index in [1.54, 1.807) is 0 Å². The smallest absolute Gasteiger partial charge is 0.303 e. The Labute approximate surface area is 119 Å². The SMILES string of the molecule is CC(N)Cc1ccccc1.O=C(O)CCCCC(=O)O. The average molecular weight is 281 g/mol. The van der Waals surface area contributed by atoms with E-state index in [2.05, 4.69) is 12.1 Å². The zero-order chi connectivity index (χ0) is 15.4. The fraction of sp³-hybridized carbons (Fsp3) is 0.467. The molecule has 0 fully saturated rings. The van der Waals surface area contributed by atoms with Gasteiger partial charge in [-0.05, 0) is 31.7 Å². The molecule has 112 valence electrons. The number of unbranched alkanes of at least 4 members (excludes halogenated alkanes) is 1. The van der Waals surface area contributed by atoms with Crippen LogP contribution in [0.2, 0.25) is 0 Å². The van der Waals surface area contributed by atoms with Gasteiger partial charge in [0.25, 0.3) is 0 Å². The van der Waals surface area contributed by atoms with Gasteiger partial charge < -0.3 is 15.9 Å². The van der Waals surface area contributed by atoms with E-state index in [0.717, 1.165) is 6.42 Å². The van der Waals surface area contributed by atoms with Crippen LogP contribution in [-0.4, -0.2) is 28.2 Å². The molecule has 5 heteroatoms. The van der Waals surface area contributed by atoms with Gasteiger partial charge in [-0.1, -0.05) is 30.3 Å². The van der Waals surface area contributed by atoms with Crippen molar-refractivity contribution in [3.05, 3.63) is 35.9 Å². The van der Waals surface area contributed by atoms with Crippen LogP contribution in [0, 0.1) is 0 Å². The number of hydrogen-bond acceptors (Lipinski definition) is 3. The van der Waals surface area contributed by atoms with Crippen LogP contribution >= 0.6 is 0 Å². The molecule has 0 radical (unpaired) electrons. The Hall–Kier alpha value is -1.88. The Bertz CT molecular complexity index is 374. The minimum Gasteiger partial charge on any atom is -0.481 e. The second-order valence-electron chi connectivity index (χ2n) is 4.66. The standard InChI is InChI=1S/C9H13N.C6H10O4/c1-8(10)7-9-5-3-2-4-6-9;7-5(8)3-1-2-4-6(9)10/h2-6,8H,7,10H2,1H3;1-4H2,(H,7,8)(H,9,10). The van der Waals surface area contributed by atoms with Gasteiger partial charge in [-0.3, -0.25) is 9.59 Å². The normalized spacial score (nSPS) is 11.1. The van der Waals surface area contributed by atoms with Crippen molar-refractivity contribution < 1.29 is 19.8 Å². The maximum absolute atomic E-state index is 9.90. The van der Waals surface area contributed by atoms with Crippen LogP contribution in [0.5, 0.6) is 0 Å². The molecule has 0 bridgehead atoms. The lowest BCUT2D eigenvalue weighted by molar-refractivity contribution is -0.139. The van der Waals surface area contributed by atoms with E-state index in [1.807, 2.05) is 25.1 Å². The average Bonchev–Trinajstić information content (AvgIpc) is 2.35. The molecule has 0 spiro atoms. The topological polar surface area (TPSA) is 101 Å². The van der Waals surface area contributed by atoms with Crippen molar-refractivity contribution in [2.75, 3.05) is 0 Å². The molecule has 0 aliphatic carbocycles. The van der Waals surface area contributed by atoms with Crippen LogP contribution in [0.3, 0.4) is 0 Å². The molecule has 0 aliphatic heterocycles. The van der Waals surface area contributed by atoms with Crippen molar-refractivity contribution in [1.29, 1.82) is 0 Å². The zero-order valence-corrected chi connectivity index (χ0v) is 11.8. The van der Waals surface area contributed by atoms with Crippen molar-refractivity contribution in [1.82, 2.24) is 0 Å². The summed E-state index contributed by atoms with van der Waals surface area (Å²) in [6.07, 6.45) is 1.99. The Kier molecular flexibility index (Phi) is 9.96.